The summed E-state index contributed by atoms with van der Waals surface area (Å²) in [6, 6.07) is 13.1. The molecule has 0 aromatic heterocycles. The second kappa shape index (κ2) is 6.98. The van der Waals surface area contributed by atoms with Crippen LogP contribution >= 0.6 is 0 Å². The van der Waals surface area contributed by atoms with Crippen LogP contribution in [0.15, 0.2) is 42.5 Å². The van der Waals surface area contributed by atoms with Crippen molar-refractivity contribution in [3.8, 4) is 11.5 Å². The lowest BCUT2D eigenvalue weighted by atomic mass is 10.1. The molecule has 0 aliphatic heterocycles. The van der Waals surface area contributed by atoms with E-state index in [9.17, 15) is 4.79 Å². The van der Waals surface area contributed by atoms with Crippen molar-refractivity contribution >= 4 is 11.6 Å². The Bertz CT molecular complexity index is 667. The summed E-state index contributed by atoms with van der Waals surface area (Å²) in [6.45, 7) is 5.78. The average molecular weight is 299 g/mol. The summed E-state index contributed by atoms with van der Waals surface area (Å²) in [5.74, 6) is 1.09. The Morgan fingerprint density at radius 2 is 1.82 bits per heavy atom. The van der Waals surface area contributed by atoms with Gasteiger partial charge in [-0.2, -0.15) is 0 Å². The van der Waals surface area contributed by atoms with Gasteiger partial charge in [0.1, 0.15) is 11.5 Å². The Morgan fingerprint density at radius 1 is 1.09 bits per heavy atom. The van der Waals surface area contributed by atoms with Gasteiger partial charge in [0.25, 0.3) is 5.91 Å². The average Bonchev–Trinajstić information content (AvgIpc) is 2.51. The van der Waals surface area contributed by atoms with Crippen molar-refractivity contribution in [3.05, 3.63) is 53.6 Å². The molecular formula is C18H21NO3. The molecule has 116 valence electrons. The van der Waals surface area contributed by atoms with Crippen LogP contribution in [0, 0.1) is 13.8 Å². The lowest BCUT2D eigenvalue weighted by Crippen LogP contribution is -2.30. The number of benzene rings is 2. The molecule has 1 amide bonds. The number of hydrogen-bond donors (Lipinski definition) is 1. The van der Waals surface area contributed by atoms with Crippen LogP contribution in [0.4, 0.5) is 5.69 Å². The van der Waals surface area contributed by atoms with E-state index < -0.39 is 6.10 Å². The molecule has 0 fully saturated rings. The fourth-order valence-electron chi connectivity index (χ4n) is 2.03. The Balaban J connectivity index is 2.04. The minimum atomic E-state index is -0.605. The van der Waals surface area contributed by atoms with Gasteiger partial charge in [0, 0.05) is 0 Å². The van der Waals surface area contributed by atoms with E-state index in [1.165, 1.54) is 5.56 Å². The summed E-state index contributed by atoms with van der Waals surface area (Å²) >= 11 is 0. The molecule has 4 nitrogen and oxygen atoms in total. The number of aryl methyl sites for hydroxylation is 2. The molecule has 0 aliphatic carbocycles. The second-order valence-electron chi connectivity index (χ2n) is 5.20. The van der Waals surface area contributed by atoms with E-state index in [-0.39, 0.29) is 5.91 Å². The number of carbonyl (C=O) groups is 1. The summed E-state index contributed by atoms with van der Waals surface area (Å²) in [5.41, 5.74) is 2.96. The molecule has 0 saturated heterocycles. The lowest BCUT2D eigenvalue weighted by Gasteiger charge is -2.16. The van der Waals surface area contributed by atoms with E-state index in [1.54, 1.807) is 26.2 Å². The fourth-order valence-corrected chi connectivity index (χ4v) is 2.03. The number of methoxy groups -OCH3 is 1. The third-order valence-corrected chi connectivity index (χ3v) is 3.53. The highest BCUT2D eigenvalue weighted by molar-refractivity contribution is 5.95. The van der Waals surface area contributed by atoms with Crippen molar-refractivity contribution in [1.29, 1.82) is 0 Å². The molecular weight excluding hydrogens is 278 g/mol. The van der Waals surface area contributed by atoms with E-state index in [1.807, 2.05) is 44.2 Å². The number of carbonyl (C=O) groups excluding carboxylic acids is 1. The molecule has 0 unspecified atom stereocenters. The highest BCUT2D eigenvalue weighted by atomic mass is 16.5. The monoisotopic (exact) mass is 299 g/mol. The second-order valence-corrected chi connectivity index (χ2v) is 5.20. The summed E-state index contributed by atoms with van der Waals surface area (Å²) in [7, 11) is 1.57. The van der Waals surface area contributed by atoms with Crippen LogP contribution < -0.4 is 14.8 Å². The van der Waals surface area contributed by atoms with E-state index >= 15 is 0 Å². The number of rotatable bonds is 5. The molecule has 0 heterocycles. The summed E-state index contributed by atoms with van der Waals surface area (Å²) < 4.78 is 10.9. The minimum absolute atomic E-state index is 0.220. The Labute approximate surface area is 131 Å². The van der Waals surface area contributed by atoms with Crippen molar-refractivity contribution in [2.45, 2.75) is 26.9 Å². The van der Waals surface area contributed by atoms with E-state index in [2.05, 4.69) is 5.32 Å². The van der Waals surface area contributed by atoms with E-state index in [0.29, 0.717) is 17.2 Å². The number of anilines is 1. The van der Waals surface area contributed by atoms with Gasteiger partial charge in [0.15, 0.2) is 6.10 Å². The summed E-state index contributed by atoms with van der Waals surface area (Å²) in [6.07, 6.45) is -0.605. The molecule has 0 spiro atoms. The van der Waals surface area contributed by atoms with Crippen LogP contribution in [-0.4, -0.2) is 19.1 Å². The van der Waals surface area contributed by atoms with Crippen LogP contribution in [0.1, 0.15) is 18.1 Å². The van der Waals surface area contributed by atoms with Crippen molar-refractivity contribution in [2.24, 2.45) is 0 Å². The van der Waals surface area contributed by atoms with Gasteiger partial charge >= 0.3 is 0 Å². The van der Waals surface area contributed by atoms with Crippen LogP contribution in [0.5, 0.6) is 11.5 Å². The molecule has 4 heteroatoms. The molecule has 22 heavy (non-hydrogen) atoms. The highest BCUT2D eigenvalue weighted by Gasteiger charge is 2.16. The summed E-state index contributed by atoms with van der Waals surface area (Å²) in [4.78, 5) is 12.2. The molecule has 2 rings (SSSR count). The third-order valence-electron chi connectivity index (χ3n) is 3.53. The van der Waals surface area contributed by atoms with E-state index in [0.717, 1.165) is 5.56 Å². The molecule has 1 N–H and O–H groups in total. The molecule has 0 saturated carbocycles. The van der Waals surface area contributed by atoms with Gasteiger partial charge in [-0.25, -0.2) is 0 Å². The zero-order valence-corrected chi connectivity index (χ0v) is 13.3. The first-order chi connectivity index (χ1) is 10.5. The van der Waals surface area contributed by atoms with Gasteiger partial charge in [-0.05, 0) is 56.2 Å². The predicted molar refractivity (Wildman–Crippen MR) is 87.6 cm³/mol. The molecule has 2 aromatic rings. The zero-order valence-electron chi connectivity index (χ0n) is 13.3. The van der Waals surface area contributed by atoms with Crippen LogP contribution in [0.2, 0.25) is 0 Å². The summed E-state index contributed by atoms with van der Waals surface area (Å²) in [5, 5.41) is 2.82. The van der Waals surface area contributed by atoms with Gasteiger partial charge in [0.05, 0.1) is 12.8 Å². The zero-order chi connectivity index (χ0) is 16.1. The quantitative estimate of drug-likeness (QED) is 0.915. The first-order valence-corrected chi connectivity index (χ1v) is 7.19. The molecule has 0 radical (unpaired) electrons. The van der Waals surface area contributed by atoms with E-state index in [4.69, 9.17) is 9.47 Å². The number of para-hydroxylation sites is 2. The molecule has 0 aliphatic rings. The molecule has 0 bridgehead atoms. The number of hydrogen-bond acceptors (Lipinski definition) is 3. The fraction of sp³-hybridized carbons (Fsp3) is 0.278. The standard InChI is InChI=1S/C18H21NO3/c1-12-9-10-15(11-13(12)2)22-14(3)18(20)19-16-7-5-6-8-17(16)21-4/h5-11,14H,1-4H3,(H,19,20)/t14-/m1/s1. The van der Waals surface area contributed by atoms with Crippen molar-refractivity contribution in [3.63, 3.8) is 0 Å². The van der Waals surface area contributed by atoms with Gasteiger partial charge < -0.3 is 14.8 Å². The first kappa shape index (κ1) is 15.9. The molecule has 2 aromatic carbocycles. The highest BCUT2D eigenvalue weighted by Crippen LogP contribution is 2.24. The van der Waals surface area contributed by atoms with Gasteiger partial charge in [-0.1, -0.05) is 18.2 Å². The Hall–Kier alpha value is -2.49. The maximum atomic E-state index is 12.2. The third kappa shape index (κ3) is 3.79. The number of amides is 1. The smallest absolute Gasteiger partial charge is 0.265 e. The van der Waals surface area contributed by atoms with Crippen molar-refractivity contribution < 1.29 is 14.3 Å². The topological polar surface area (TPSA) is 47.6 Å². The maximum absolute atomic E-state index is 12.2. The largest absolute Gasteiger partial charge is 0.495 e. The van der Waals surface area contributed by atoms with Gasteiger partial charge in [0.2, 0.25) is 0 Å². The Kier molecular flexibility index (Phi) is 5.04. The number of ether oxygens (including phenoxy) is 2. The van der Waals surface area contributed by atoms with Crippen LogP contribution in [0.25, 0.3) is 0 Å². The maximum Gasteiger partial charge on any atom is 0.265 e. The minimum Gasteiger partial charge on any atom is -0.495 e. The lowest BCUT2D eigenvalue weighted by molar-refractivity contribution is -0.122. The van der Waals surface area contributed by atoms with Crippen LogP contribution in [-0.2, 0) is 4.79 Å². The number of nitrogens with one attached hydrogen (secondary N) is 1. The van der Waals surface area contributed by atoms with Crippen LogP contribution in [0.3, 0.4) is 0 Å². The molecule has 1 atom stereocenters. The predicted octanol–water partition coefficient (Wildman–Crippen LogP) is 3.72. The van der Waals surface area contributed by atoms with Crippen molar-refractivity contribution in [1.82, 2.24) is 0 Å². The Morgan fingerprint density at radius 3 is 2.50 bits per heavy atom. The SMILES string of the molecule is COc1ccccc1NC(=O)[C@@H](C)Oc1ccc(C)c(C)c1. The van der Waals surface area contributed by atoms with Crippen molar-refractivity contribution in [2.75, 3.05) is 12.4 Å². The van der Waals surface area contributed by atoms with Gasteiger partial charge in [-0.3, -0.25) is 4.79 Å². The van der Waals surface area contributed by atoms with Gasteiger partial charge in [-0.15, -0.1) is 0 Å². The first-order valence-electron chi connectivity index (χ1n) is 7.19. The normalized spacial score (nSPS) is 11.6.